The number of hydrogen-bond acceptors (Lipinski definition) is 7. The Bertz CT molecular complexity index is 1300. The Labute approximate surface area is 212 Å². The fourth-order valence-electron chi connectivity index (χ4n) is 3.40. The highest BCUT2D eigenvalue weighted by atomic mass is 35.5. The highest BCUT2D eigenvalue weighted by Crippen LogP contribution is 2.29. The van der Waals surface area contributed by atoms with Gasteiger partial charge < -0.3 is 20.1 Å². The van der Waals surface area contributed by atoms with Crippen LogP contribution in [0.15, 0.2) is 78.0 Å². The molecule has 2 N–H and O–H groups in total. The van der Waals surface area contributed by atoms with Crippen molar-refractivity contribution in [3.8, 4) is 17.2 Å². The Balaban J connectivity index is 1.51. The number of para-hydroxylation sites is 3. The predicted octanol–water partition coefficient (Wildman–Crippen LogP) is 5.28. The Morgan fingerprint density at radius 3 is 2.43 bits per heavy atom. The molecule has 4 rings (SSSR count). The molecule has 0 aliphatic rings. The topological polar surface area (TPSA) is 90.3 Å². The number of carbonyl (C=O) groups excluding carboxylic acids is 1. The van der Waals surface area contributed by atoms with Crippen LogP contribution in [0.1, 0.15) is 5.82 Å². The van der Waals surface area contributed by atoms with Crippen LogP contribution < -0.4 is 20.1 Å². The van der Waals surface area contributed by atoms with Crippen molar-refractivity contribution in [1.29, 1.82) is 0 Å². The van der Waals surface area contributed by atoms with Gasteiger partial charge >= 0.3 is 0 Å². The van der Waals surface area contributed by atoms with Crippen molar-refractivity contribution in [3.63, 3.8) is 0 Å². The molecule has 0 unspecified atom stereocenters. The minimum atomic E-state index is -0.216. The SMILES string of the molecule is COc1ccccc1NCc1nnc(SCC(=O)Nc2cc(Cl)ccc2OC)n1-c1ccccc1. The third-order valence-electron chi connectivity index (χ3n) is 5.03. The zero-order valence-corrected chi connectivity index (χ0v) is 20.8. The Kier molecular flexibility index (Phi) is 8.12. The van der Waals surface area contributed by atoms with Gasteiger partial charge in [-0.25, -0.2) is 0 Å². The summed E-state index contributed by atoms with van der Waals surface area (Å²) in [4.78, 5) is 12.7. The van der Waals surface area contributed by atoms with Gasteiger partial charge in [0.25, 0.3) is 0 Å². The smallest absolute Gasteiger partial charge is 0.234 e. The van der Waals surface area contributed by atoms with Crippen molar-refractivity contribution in [2.24, 2.45) is 0 Å². The molecule has 3 aromatic carbocycles. The summed E-state index contributed by atoms with van der Waals surface area (Å²) in [5.41, 5.74) is 2.26. The summed E-state index contributed by atoms with van der Waals surface area (Å²) in [5.74, 6) is 1.87. The lowest BCUT2D eigenvalue weighted by molar-refractivity contribution is -0.113. The predicted molar refractivity (Wildman–Crippen MR) is 139 cm³/mol. The Hall–Kier alpha value is -3.69. The van der Waals surface area contributed by atoms with E-state index in [1.807, 2.05) is 59.2 Å². The maximum absolute atomic E-state index is 12.7. The molecule has 4 aromatic rings. The number of ether oxygens (including phenoxy) is 2. The molecule has 1 aromatic heterocycles. The van der Waals surface area contributed by atoms with Crippen molar-refractivity contribution >= 4 is 40.6 Å². The van der Waals surface area contributed by atoms with Crippen molar-refractivity contribution in [2.75, 3.05) is 30.6 Å². The third kappa shape index (κ3) is 6.06. The fraction of sp³-hybridized carbons (Fsp3) is 0.160. The molecule has 0 bridgehead atoms. The van der Waals surface area contributed by atoms with E-state index in [1.54, 1.807) is 25.3 Å². The Morgan fingerprint density at radius 2 is 1.66 bits per heavy atom. The van der Waals surface area contributed by atoms with E-state index in [-0.39, 0.29) is 11.7 Å². The van der Waals surface area contributed by atoms with Gasteiger partial charge in [0.15, 0.2) is 11.0 Å². The molecule has 35 heavy (non-hydrogen) atoms. The van der Waals surface area contributed by atoms with E-state index in [4.69, 9.17) is 21.1 Å². The quantitative estimate of drug-likeness (QED) is 0.281. The number of carbonyl (C=O) groups is 1. The molecule has 0 aliphatic carbocycles. The number of benzene rings is 3. The second-order valence-electron chi connectivity index (χ2n) is 7.31. The van der Waals surface area contributed by atoms with E-state index in [1.165, 1.54) is 18.9 Å². The lowest BCUT2D eigenvalue weighted by Crippen LogP contribution is -2.15. The molecule has 10 heteroatoms. The monoisotopic (exact) mass is 509 g/mol. The number of aromatic nitrogens is 3. The van der Waals surface area contributed by atoms with E-state index in [9.17, 15) is 4.79 Å². The van der Waals surface area contributed by atoms with Crippen molar-refractivity contribution < 1.29 is 14.3 Å². The molecule has 8 nitrogen and oxygen atoms in total. The van der Waals surface area contributed by atoms with Gasteiger partial charge in [-0.3, -0.25) is 9.36 Å². The second-order valence-corrected chi connectivity index (χ2v) is 8.68. The lowest BCUT2D eigenvalue weighted by atomic mass is 10.3. The number of anilines is 2. The molecular weight excluding hydrogens is 486 g/mol. The summed E-state index contributed by atoms with van der Waals surface area (Å²) < 4.78 is 12.7. The molecular formula is C25H24ClN5O3S. The van der Waals surface area contributed by atoms with Gasteiger partial charge in [-0.2, -0.15) is 0 Å². The number of nitrogens with one attached hydrogen (secondary N) is 2. The summed E-state index contributed by atoms with van der Waals surface area (Å²) in [5, 5.41) is 16.0. The number of rotatable bonds is 10. The van der Waals surface area contributed by atoms with Crippen LogP contribution in [0.5, 0.6) is 11.5 Å². The van der Waals surface area contributed by atoms with Crippen LogP contribution in [0, 0.1) is 0 Å². The Morgan fingerprint density at radius 1 is 0.943 bits per heavy atom. The number of halogens is 1. The number of hydrogen-bond donors (Lipinski definition) is 2. The molecule has 0 radical (unpaired) electrons. The van der Waals surface area contributed by atoms with Crippen LogP contribution >= 0.6 is 23.4 Å². The third-order valence-corrected chi connectivity index (χ3v) is 6.19. The van der Waals surface area contributed by atoms with E-state index in [0.717, 1.165) is 17.1 Å². The molecule has 1 heterocycles. The van der Waals surface area contributed by atoms with E-state index >= 15 is 0 Å². The normalized spacial score (nSPS) is 10.6. The van der Waals surface area contributed by atoms with Crippen LogP contribution in [0.25, 0.3) is 5.69 Å². The van der Waals surface area contributed by atoms with Crippen LogP contribution in [-0.2, 0) is 11.3 Å². The molecule has 0 fully saturated rings. The highest BCUT2D eigenvalue weighted by molar-refractivity contribution is 7.99. The summed E-state index contributed by atoms with van der Waals surface area (Å²) in [6.07, 6.45) is 0. The molecule has 0 aliphatic heterocycles. The van der Waals surface area contributed by atoms with Crippen LogP contribution in [-0.4, -0.2) is 40.6 Å². The van der Waals surface area contributed by atoms with E-state index in [0.29, 0.717) is 34.0 Å². The maximum Gasteiger partial charge on any atom is 0.234 e. The number of methoxy groups -OCH3 is 2. The molecule has 0 saturated heterocycles. The van der Waals surface area contributed by atoms with Crippen molar-refractivity contribution in [3.05, 3.63) is 83.6 Å². The number of nitrogens with zero attached hydrogens (tertiary/aromatic N) is 3. The summed E-state index contributed by atoms with van der Waals surface area (Å²) in [6.45, 7) is 0.411. The largest absolute Gasteiger partial charge is 0.495 e. The average molecular weight is 510 g/mol. The minimum Gasteiger partial charge on any atom is -0.495 e. The first kappa shape index (κ1) is 24.4. The molecule has 0 atom stereocenters. The highest BCUT2D eigenvalue weighted by Gasteiger charge is 2.17. The zero-order chi connectivity index (χ0) is 24.6. The van der Waals surface area contributed by atoms with Crippen molar-refractivity contribution in [2.45, 2.75) is 11.7 Å². The number of amides is 1. The van der Waals surface area contributed by atoms with Crippen LogP contribution in [0.3, 0.4) is 0 Å². The fourth-order valence-corrected chi connectivity index (χ4v) is 4.35. The van der Waals surface area contributed by atoms with Crippen LogP contribution in [0.4, 0.5) is 11.4 Å². The summed E-state index contributed by atoms with van der Waals surface area (Å²) in [7, 11) is 3.17. The first-order valence-electron chi connectivity index (χ1n) is 10.7. The molecule has 1 amide bonds. The molecule has 180 valence electrons. The van der Waals surface area contributed by atoms with Gasteiger partial charge in [-0.1, -0.05) is 53.7 Å². The van der Waals surface area contributed by atoms with Gasteiger partial charge in [0.1, 0.15) is 11.5 Å². The number of thioether (sulfide) groups is 1. The first-order chi connectivity index (χ1) is 17.1. The second kappa shape index (κ2) is 11.6. The minimum absolute atomic E-state index is 0.126. The van der Waals surface area contributed by atoms with E-state index < -0.39 is 0 Å². The maximum atomic E-state index is 12.7. The zero-order valence-electron chi connectivity index (χ0n) is 19.2. The van der Waals surface area contributed by atoms with Crippen LogP contribution in [0.2, 0.25) is 5.02 Å². The summed E-state index contributed by atoms with van der Waals surface area (Å²) in [6, 6.07) is 22.5. The summed E-state index contributed by atoms with van der Waals surface area (Å²) >= 11 is 7.36. The van der Waals surface area contributed by atoms with Crippen molar-refractivity contribution in [1.82, 2.24) is 14.8 Å². The average Bonchev–Trinajstić information content (AvgIpc) is 3.30. The van der Waals surface area contributed by atoms with Gasteiger partial charge in [0, 0.05) is 10.7 Å². The van der Waals surface area contributed by atoms with Gasteiger partial charge in [-0.05, 0) is 42.5 Å². The lowest BCUT2D eigenvalue weighted by Gasteiger charge is -2.13. The van der Waals surface area contributed by atoms with Gasteiger partial charge in [0.2, 0.25) is 5.91 Å². The van der Waals surface area contributed by atoms with E-state index in [2.05, 4.69) is 20.8 Å². The van der Waals surface area contributed by atoms with Gasteiger partial charge in [-0.15, -0.1) is 10.2 Å². The molecule has 0 saturated carbocycles. The standard InChI is InChI=1S/C25H24ClN5O3S/c1-33-21-11-7-6-10-19(21)27-15-23-29-30-25(31(23)18-8-4-3-5-9-18)35-16-24(32)28-20-14-17(26)12-13-22(20)34-2/h3-14,27H,15-16H2,1-2H3,(H,28,32). The first-order valence-corrected chi connectivity index (χ1v) is 12.1. The molecule has 0 spiro atoms. The van der Waals surface area contributed by atoms with Gasteiger partial charge in [0.05, 0.1) is 37.9 Å².